The highest BCUT2D eigenvalue weighted by molar-refractivity contribution is 7.16. The average Bonchev–Trinajstić information content (AvgIpc) is 3.32. The van der Waals surface area contributed by atoms with Crippen molar-refractivity contribution in [2.24, 2.45) is 0 Å². The first-order chi connectivity index (χ1) is 15.4. The molecule has 2 N–H and O–H groups in total. The van der Waals surface area contributed by atoms with Gasteiger partial charge in [-0.1, -0.05) is 48.5 Å². The Kier molecular flexibility index (Phi) is 5.92. The van der Waals surface area contributed by atoms with Crippen LogP contribution >= 0.6 is 11.3 Å². The van der Waals surface area contributed by atoms with Gasteiger partial charge in [0.05, 0.1) is 5.56 Å². The first-order valence-corrected chi connectivity index (χ1v) is 10.9. The fourth-order valence-electron chi connectivity index (χ4n) is 3.60. The Morgan fingerprint density at radius 1 is 1.00 bits per heavy atom. The molecule has 2 heterocycles. The molecule has 0 spiro atoms. The summed E-state index contributed by atoms with van der Waals surface area (Å²) in [5.74, 6) is -1.26. The fourth-order valence-corrected chi connectivity index (χ4v) is 4.70. The minimum atomic E-state index is -1.13. The first-order valence-electron chi connectivity index (χ1n) is 10.1. The Balaban J connectivity index is 1.74. The number of nitrogens with one attached hydrogen (secondary N) is 2. The van der Waals surface area contributed by atoms with E-state index >= 15 is 0 Å². The number of ketones is 1. The number of benzene rings is 2. The van der Waals surface area contributed by atoms with E-state index in [-0.39, 0.29) is 17.3 Å². The lowest BCUT2D eigenvalue weighted by Gasteiger charge is -2.18. The second kappa shape index (κ2) is 8.80. The molecule has 162 valence electrons. The number of hydrogen-bond donors (Lipinski definition) is 2. The molecular weight excluding hydrogens is 424 g/mol. The van der Waals surface area contributed by atoms with Crippen LogP contribution in [0.5, 0.6) is 0 Å². The standard InChI is InChI=1S/C25H22N2O4S/c1-14-15(2)32-24(27-16(3)28)21(14)25(30)31-23(17-9-5-4-6-10-17)22(29)19-13-26-20-12-8-7-11-18(19)20/h4-13,23,26H,1-3H3,(H,27,28). The van der Waals surface area contributed by atoms with Crippen molar-refractivity contribution in [1.29, 1.82) is 0 Å². The highest BCUT2D eigenvalue weighted by atomic mass is 32.1. The van der Waals surface area contributed by atoms with E-state index < -0.39 is 12.1 Å². The van der Waals surface area contributed by atoms with Crippen LogP contribution in [0.25, 0.3) is 10.9 Å². The number of aromatic amines is 1. The lowest BCUT2D eigenvalue weighted by atomic mass is 9.99. The maximum atomic E-state index is 13.6. The van der Waals surface area contributed by atoms with Crippen LogP contribution in [0.4, 0.5) is 5.00 Å². The van der Waals surface area contributed by atoms with Crippen LogP contribution in [0.1, 0.15) is 49.7 Å². The average molecular weight is 447 g/mol. The summed E-state index contributed by atoms with van der Waals surface area (Å²) < 4.78 is 5.83. The number of anilines is 1. The number of carbonyl (C=O) groups excluding carboxylic acids is 3. The van der Waals surface area contributed by atoms with Crippen LogP contribution in [0.3, 0.4) is 0 Å². The molecule has 0 saturated heterocycles. The molecule has 1 amide bonds. The molecular formula is C25H22N2O4S. The van der Waals surface area contributed by atoms with Crippen molar-refractivity contribution in [3.05, 3.63) is 87.9 Å². The number of amides is 1. The fraction of sp³-hybridized carbons (Fsp3) is 0.160. The number of Topliss-reactive ketones (excluding diaryl/α,β-unsaturated/α-hetero) is 1. The minimum absolute atomic E-state index is 0.273. The molecule has 4 rings (SSSR count). The van der Waals surface area contributed by atoms with E-state index in [4.69, 9.17) is 4.74 Å². The van der Waals surface area contributed by atoms with Gasteiger partial charge in [0.1, 0.15) is 5.00 Å². The van der Waals surface area contributed by atoms with Gasteiger partial charge in [0.2, 0.25) is 11.7 Å². The van der Waals surface area contributed by atoms with E-state index in [0.717, 1.165) is 21.3 Å². The third-order valence-electron chi connectivity index (χ3n) is 5.30. The largest absolute Gasteiger partial charge is 0.445 e. The number of rotatable bonds is 6. The lowest BCUT2D eigenvalue weighted by molar-refractivity contribution is -0.114. The van der Waals surface area contributed by atoms with E-state index in [1.807, 2.05) is 37.3 Å². The third kappa shape index (κ3) is 4.07. The van der Waals surface area contributed by atoms with Crippen LogP contribution in [-0.2, 0) is 9.53 Å². The smallest absolute Gasteiger partial charge is 0.342 e. The van der Waals surface area contributed by atoms with Gasteiger partial charge in [-0.15, -0.1) is 11.3 Å². The van der Waals surface area contributed by atoms with Gasteiger partial charge in [-0.05, 0) is 25.5 Å². The number of esters is 1. The van der Waals surface area contributed by atoms with Gasteiger partial charge < -0.3 is 15.0 Å². The number of aromatic nitrogens is 1. The van der Waals surface area contributed by atoms with Crippen molar-refractivity contribution in [3.63, 3.8) is 0 Å². The molecule has 1 unspecified atom stereocenters. The summed E-state index contributed by atoms with van der Waals surface area (Å²) in [5, 5.41) is 3.88. The Morgan fingerprint density at radius 3 is 2.41 bits per heavy atom. The molecule has 0 saturated carbocycles. The summed E-state index contributed by atoms with van der Waals surface area (Å²) >= 11 is 1.31. The summed E-state index contributed by atoms with van der Waals surface area (Å²) in [7, 11) is 0. The number of ether oxygens (including phenoxy) is 1. The number of fused-ring (bicyclic) bond motifs is 1. The maximum absolute atomic E-state index is 13.6. The van der Waals surface area contributed by atoms with E-state index in [2.05, 4.69) is 10.3 Å². The molecule has 2 aromatic carbocycles. The Bertz CT molecular complexity index is 1320. The molecule has 0 radical (unpaired) electrons. The van der Waals surface area contributed by atoms with Crippen molar-refractivity contribution in [1.82, 2.24) is 4.98 Å². The third-order valence-corrected chi connectivity index (χ3v) is 6.42. The zero-order valence-corrected chi connectivity index (χ0v) is 18.7. The summed E-state index contributed by atoms with van der Waals surface area (Å²) in [6.45, 7) is 5.05. The topological polar surface area (TPSA) is 88.3 Å². The number of H-pyrrole nitrogens is 1. The molecule has 0 bridgehead atoms. The van der Waals surface area contributed by atoms with Crippen molar-refractivity contribution in [2.75, 3.05) is 5.32 Å². The second-order valence-corrected chi connectivity index (χ2v) is 8.70. The number of hydrogen-bond acceptors (Lipinski definition) is 5. The van der Waals surface area contributed by atoms with E-state index in [1.165, 1.54) is 18.3 Å². The molecule has 0 aliphatic heterocycles. The number of aryl methyl sites for hydroxylation is 1. The zero-order chi connectivity index (χ0) is 22.8. The summed E-state index contributed by atoms with van der Waals surface area (Å²) in [5.41, 5.74) is 2.83. The number of para-hydroxylation sites is 1. The molecule has 1 atom stereocenters. The van der Waals surface area contributed by atoms with Gasteiger partial charge in [-0.2, -0.15) is 0 Å². The first kappa shape index (κ1) is 21.5. The minimum Gasteiger partial charge on any atom is -0.445 e. The molecule has 2 aromatic heterocycles. The van der Waals surface area contributed by atoms with Crippen molar-refractivity contribution in [2.45, 2.75) is 26.9 Å². The number of thiophene rings is 1. The molecule has 32 heavy (non-hydrogen) atoms. The predicted octanol–water partition coefficient (Wildman–Crippen LogP) is 5.59. The van der Waals surface area contributed by atoms with Crippen molar-refractivity contribution >= 4 is 44.9 Å². The van der Waals surface area contributed by atoms with Crippen molar-refractivity contribution < 1.29 is 19.1 Å². The van der Waals surface area contributed by atoms with Gasteiger partial charge >= 0.3 is 5.97 Å². The molecule has 7 heteroatoms. The van der Waals surface area contributed by atoms with Crippen LogP contribution in [-0.4, -0.2) is 22.6 Å². The maximum Gasteiger partial charge on any atom is 0.342 e. The molecule has 6 nitrogen and oxygen atoms in total. The van der Waals surface area contributed by atoms with Crippen LogP contribution in [0.2, 0.25) is 0 Å². The highest BCUT2D eigenvalue weighted by Crippen LogP contribution is 2.35. The van der Waals surface area contributed by atoms with Crippen LogP contribution in [0, 0.1) is 13.8 Å². The van der Waals surface area contributed by atoms with Crippen LogP contribution < -0.4 is 5.32 Å². The molecule has 4 aromatic rings. The number of carbonyl (C=O) groups is 3. The van der Waals surface area contributed by atoms with E-state index in [1.54, 1.807) is 37.4 Å². The summed E-state index contributed by atoms with van der Waals surface area (Å²) in [6.07, 6.45) is 0.507. The Labute approximate surface area is 189 Å². The quantitative estimate of drug-likeness (QED) is 0.299. The van der Waals surface area contributed by atoms with E-state index in [0.29, 0.717) is 16.1 Å². The lowest BCUT2D eigenvalue weighted by Crippen LogP contribution is -2.21. The molecule has 0 aliphatic carbocycles. The van der Waals surface area contributed by atoms with Crippen LogP contribution in [0.15, 0.2) is 60.8 Å². The predicted molar refractivity (Wildman–Crippen MR) is 125 cm³/mol. The Morgan fingerprint density at radius 2 is 1.69 bits per heavy atom. The van der Waals surface area contributed by atoms with Gasteiger partial charge in [0, 0.05) is 40.0 Å². The highest BCUT2D eigenvalue weighted by Gasteiger charge is 2.31. The summed E-state index contributed by atoms with van der Waals surface area (Å²) in [6, 6.07) is 16.4. The SMILES string of the molecule is CC(=O)Nc1sc(C)c(C)c1C(=O)OC(C(=O)c1c[nH]c2ccccc12)c1ccccc1. The van der Waals surface area contributed by atoms with Gasteiger partial charge in [0.25, 0.3) is 0 Å². The van der Waals surface area contributed by atoms with Crippen molar-refractivity contribution in [3.8, 4) is 0 Å². The molecule has 0 aliphatic rings. The van der Waals surface area contributed by atoms with E-state index in [9.17, 15) is 14.4 Å². The normalized spacial score (nSPS) is 11.8. The van der Waals surface area contributed by atoms with Gasteiger partial charge in [0.15, 0.2) is 6.10 Å². The van der Waals surface area contributed by atoms with Gasteiger partial charge in [-0.25, -0.2) is 4.79 Å². The zero-order valence-electron chi connectivity index (χ0n) is 17.9. The monoisotopic (exact) mass is 446 g/mol. The van der Waals surface area contributed by atoms with Gasteiger partial charge in [-0.3, -0.25) is 9.59 Å². The second-order valence-electron chi connectivity index (χ2n) is 7.48. The Hall–Kier alpha value is -3.71. The molecule has 0 fully saturated rings. The summed E-state index contributed by atoms with van der Waals surface area (Å²) in [4.78, 5) is 42.5.